The van der Waals surface area contributed by atoms with E-state index < -0.39 is 83.5 Å². The molecule has 0 saturated carbocycles. The summed E-state index contributed by atoms with van der Waals surface area (Å²) in [5, 5.41) is 22.1. The molecule has 4 aromatic rings. The molecule has 23 nitrogen and oxygen atoms in total. The lowest BCUT2D eigenvalue weighted by atomic mass is 10.1. The van der Waals surface area contributed by atoms with Crippen molar-refractivity contribution >= 4 is 49.7 Å². The van der Waals surface area contributed by atoms with E-state index in [1.165, 1.54) is 10.9 Å². The van der Waals surface area contributed by atoms with Gasteiger partial charge in [0.1, 0.15) is 48.5 Å². The van der Waals surface area contributed by atoms with Gasteiger partial charge in [0, 0.05) is 0 Å². The van der Waals surface area contributed by atoms with Crippen molar-refractivity contribution in [3.63, 3.8) is 0 Å². The fraction of sp³-hybridized carbons (Fsp3) is 0.500. The largest absolute Gasteiger partial charge is 0.472 e. The van der Waals surface area contributed by atoms with Crippen LogP contribution in [0.2, 0.25) is 0 Å². The van der Waals surface area contributed by atoms with Crippen LogP contribution in [0.25, 0.3) is 22.3 Å². The van der Waals surface area contributed by atoms with Crippen molar-refractivity contribution in [1.29, 1.82) is 0 Å². The number of phosphoric acid groups is 2. The second-order valence-corrected chi connectivity index (χ2v) is 13.0. The molecule has 0 radical (unpaired) electrons. The zero-order valence-corrected chi connectivity index (χ0v) is 24.2. The van der Waals surface area contributed by atoms with Crippen LogP contribution in [0.5, 0.6) is 0 Å². The molecule has 45 heavy (non-hydrogen) atoms. The van der Waals surface area contributed by atoms with E-state index in [9.17, 15) is 33.9 Å². The van der Waals surface area contributed by atoms with Crippen molar-refractivity contribution in [2.75, 3.05) is 24.7 Å². The molecule has 3 aliphatic heterocycles. The summed E-state index contributed by atoms with van der Waals surface area (Å²) in [4.78, 5) is 55.7. The van der Waals surface area contributed by atoms with Crippen LogP contribution in [0.3, 0.4) is 0 Å². The number of nitrogens with one attached hydrogen (secondary N) is 1. The molecule has 0 amide bonds. The lowest BCUT2D eigenvalue weighted by Crippen LogP contribution is -2.36. The summed E-state index contributed by atoms with van der Waals surface area (Å²) in [7, 11) is -10.2. The molecule has 0 spiro atoms. The number of nitrogen functional groups attached to an aromatic ring is 2. The first-order chi connectivity index (χ1) is 21.3. The maximum absolute atomic E-state index is 13.2. The van der Waals surface area contributed by atoms with Crippen LogP contribution in [0.4, 0.5) is 11.8 Å². The van der Waals surface area contributed by atoms with E-state index in [1.54, 1.807) is 0 Å². The number of hydrogen-bond acceptors (Lipinski definition) is 18. The van der Waals surface area contributed by atoms with Gasteiger partial charge in [-0.05, 0) is 0 Å². The normalized spacial score (nSPS) is 37.7. The number of imidazole rings is 2. The van der Waals surface area contributed by atoms with Crippen LogP contribution >= 0.6 is 15.6 Å². The number of ether oxygens (including phenoxy) is 2. The van der Waals surface area contributed by atoms with E-state index in [2.05, 4.69) is 29.9 Å². The molecular formula is C20H24N10O13P2. The quantitative estimate of drug-likeness (QED) is 0.109. The fourth-order valence-corrected chi connectivity index (χ4v) is 7.19. The van der Waals surface area contributed by atoms with E-state index >= 15 is 0 Å². The molecule has 10 unspecified atom stereocenters. The molecule has 9 N–H and O–H groups in total. The van der Waals surface area contributed by atoms with E-state index in [-0.39, 0.29) is 34.1 Å². The van der Waals surface area contributed by atoms with Crippen molar-refractivity contribution in [3.05, 3.63) is 29.3 Å². The molecule has 2 bridgehead atoms. The summed E-state index contributed by atoms with van der Waals surface area (Å²) in [5.74, 6) is -0.250. The number of aliphatic hydroxyl groups is 2. The molecule has 3 saturated heterocycles. The van der Waals surface area contributed by atoms with Gasteiger partial charge in [-0.3, -0.25) is 37.0 Å². The van der Waals surface area contributed by atoms with Gasteiger partial charge in [-0.25, -0.2) is 29.1 Å². The highest BCUT2D eigenvalue weighted by Crippen LogP contribution is 2.53. The maximum Gasteiger partial charge on any atom is 0.472 e. The topological polar surface area (TPSA) is 330 Å². The molecule has 0 aliphatic carbocycles. The minimum absolute atomic E-state index is 0.0210. The molecule has 25 heteroatoms. The molecule has 4 aromatic heterocycles. The predicted molar refractivity (Wildman–Crippen MR) is 143 cm³/mol. The SMILES string of the molecule is Nc1nc2c(ncn2C2OC3COP(=O)(O)OC4C(O)C(COP(=O)(O)OC3C2O)OC4n2cnc3c(N)ncnc32)c(=O)[nH]1. The van der Waals surface area contributed by atoms with Gasteiger partial charge < -0.3 is 40.9 Å². The Morgan fingerprint density at radius 3 is 2.18 bits per heavy atom. The number of nitrogens with zero attached hydrogens (tertiary/aromatic N) is 7. The highest BCUT2D eigenvalue weighted by atomic mass is 31.2. The van der Waals surface area contributed by atoms with E-state index in [4.69, 9.17) is 39.0 Å². The van der Waals surface area contributed by atoms with Crippen LogP contribution in [-0.2, 0) is 36.7 Å². The number of aromatic amines is 1. The Labute approximate surface area is 248 Å². The highest BCUT2D eigenvalue weighted by molar-refractivity contribution is 7.47. The Bertz CT molecular complexity index is 1940. The van der Waals surface area contributed by atoms with Gasteiger partial charge in [0.2, 0.25) is 5.95 Å². The van der Waals surface area contributed by atoms with E-state index in [0.29, 0.717) is 0 Å². The van der Waals surface area contributed by atoms with Crippen molar-refractivity contribution < 1.29 is 56.7 Å². The maximum atomic E-state index is 13.2. The average molecular weight is 674 g/mol. The van der Waals surface area contributed by atoms with Gasteiger partial charge in [0.05, 0.1) is 25.9 Å². The predicted octanol–water partition coefficient (Wildman–Crippen LogP) is -2.34. The first-order valence-electron chi connectivity index (χ1n) is 13.0. The first-order valence-corrected chi connectivity index (χ1v) is 15.9. The van der Waals surface area contributed by atoms with Gasteiger partial charge >= 0.3 is 15.6 Å². The highest BCUT2D eigenvalue weighted by Gasteiger charge is 2.54. The average Bonchev–Trinajstić information content (AvgIpc) is 3.72. The fourth-order valence-electron chi connectivity index (χ4n) is 5.30. The van der Waals surface area contributed by atoms with Crippen molar-refractivity contribution in [2.24, 2.45) is 0 Å². The summed E-state index contributed by atoms with van der Waals surface area (Å²) < 4.78 is 61.1. The van der Waals surface area contributed by atoms with Crippen LogP contribution < -0.4 is 17.0 Å². The molecule has 7 heterocycles. The summed E-state index contributed by atoms with van der Waals surface area (Å²) in [6.45, 7) is -1.65. The van der Waals surface area contributed by atoms with Gasteiger partial charge in [0.25, 0.3) is 5.56 Å². The van der Waals surface area contributed by atoms with Gasteiger partial charge in [-0.1, -0.05) is 0 Å². The minimum atomic E-state index is -5.09. The minimum Gasteiger partial charge on any atom is -0.387 e. The van der Waals surface area contributed by atoms with Crippen molar-refractivity contribution in [2.45, 2.75) is 49.1 Å². The Morgan fingerprint density at radius 1 is 0.822 bits per heavy atom. The molecule has 3 aliphatic rings. The molecule has 0 aromatic carbocycles. The van der Waals surface area contributed by atoms with E-state index in [1.807, 2.05) is 0 Å². The Morgan fingerprint density at radius 2 is 1.44 bits per heavy atom. The number of nitrogens with two attached hydrogens (primary N) is 2. The molecular weight excluding hydrogens is 650 g/mol. The number of aromatic nitrogens is 8. The van der Waals surface area contributed by atoms with Gasteiger partial charge in [-0.15, -0.1) is 0 Å². The monoisotopic (exact) mass is 674 g/mol. The first kappa shape index (κ1) is 30.2. The number of fused-ring (bicyclic) bond motifs is 5. The Hall–Kier alpha value is -3.44. The summed E-state index contributed by atoms with van der Waals surface area (Å²) in [6.07, 6.45) is -9.21. The number of anilines is 2. The zero-order chi connectivity index (χ0) is 31.8. The third-order valence-corrected chi connectivity index (χ3v) is 9.29. The van der Waals surface area contributed by atoms with Gasteiger partial charge in [-0.2, -0.15) is 4.98 Å². The van der Waals surface area contributed by atoms with Crippen LogP contribution in [-0.4, -0.2) is 109 Å². The summed E-state index contributed by atoms with van der Waals surface area (Å²) in [6, 6.07) is 0. The Balaban J connectivity index is 1.21. The smallest absolute Gasteiger partial charge is 0.387 e. The number of phosphoric ester groups is 2. The van der Waals surface area contributed by atoms with E-state index in [0.717, 1.165) is 17.2 Å². The molecule has 10 atom stereocenters. The standard InChI is InChI=1S/C20H24N10O13P2/c21-14-8-15(24-3-23-14)29(4-25-8)19-13-10(31)6(40-19)1-38-44(34,35)42-12-7(2-39-45(36,37)43-13)41-18(11(12)32)30-5-26-9-16(30)27-20(22)28-17(9)33/h3-7,10-13,18-19,31-32H,1-2H2,(H,34,35)(H,36,37)(H2,21,23,24)(H3,22,27,28,33). The number of H-pyrrole nitrogens is 1. The van der Waals surface area contributed by atoms with Crippen molar-refractivity contribution in [1.82, 2.24) is 39.0 Å². The number of aliphatic hydroxyl groups excluding tert-OH is 2. The zero-order valence-electron chi connectivity index (χ0n) is 22.4. The van der Waals surface area contributed by atoms with Crippen LogP contribution in [0.1, 0.15) is 12.5 Å². The molecule has 3 fully saturated rings. The summed E-state index contributed by atoms with van der Waals surface area (Å²) >= 11 is 0. The Kier molecular flexibility index (Phi) is 7.27. The molecule has 242 valence electrons. The number of rotatable bonds is 2. The third-order valence-electron chi connectivity index (χ3n) is 7.32. The summed E-state index contributed by atoms with van der Waals surface area (Å²) in [5.41, 5.74) is 10.8. The van der Waals surface area contributed by atoms with Crippen molar-refractivity contribution in [3.8, 4) is 0 Å². The second kappa shape index (κ2) is 10.8. The molecule has 7 rings (SSSR count). The number of hydrogen-bond donors (Lipinski definition) is 7. The van der Waals surface area contributed by atoms with Gasteiger partial charge in [0.15, 0.2) is 35.1 Å². The lowest BCUT2D eigenvalue weighted by molar-refractivity contribution is -0.0672. The lowest BCUT2D eigenvalue weighted by Gasteiger charge is -2.25. The van der Waals surface area contributed by atoms with Crippen LogP contribution in [0, 0.1) is 0 Å². The second-order valence-electron chi connectivity index (χ2n) is 10.1. The third kappa shape index (κ3) is 5.31. The van der Waals surface area contributed by atoms with Crippen LogP contribution in [0.15, 0.2) is 23.8 Å².